The summed E-state index contributed by atoms with van der Waals surface area (Å²) >= 11 is 0. The van der Waals surface area contributed by atoms with Crippen LogP contribution in [0.1, 0.15) is 24.0 Å². The Kier molecular flexibility index (Phi) is 5.15. The van der Waals surface area contributed by atoms with Crippen molar-refractivity contribution in [2.45, 2.75) is 25.4 Å². The molecule has 3 nitrogen and oxygen atoms in total. The molecule has 1 aromatic rings. The molecule has 1 amide bonds. The molecule has 0 unspecified atom stereocenters. The number of carbonyl (C=O) groups excluding carboxylic acids is 1. The van der Waals surface area contributed by atoms with Crippen molar-refractivity contribution in [2.24, 2.45) is 0 Å². The average molecular weight is 261 g/mol. The van der Waals surface area contributed by atoms with Crippen LogP contribution in [-0.2, 0) is 17.4 Å². The van der Waals surface area contributed by atoms with E-state index in [2.05, 4.69) is 5.32 Å². The Morgan fingerprint density at radius 2 is 2.00 bits per heavy atom. The molecule has 0 aliphatic carbocycles. The van der Waals surface area contributed by atoms with Crippen LogP contribution in [-0.4, -0.2) is 18.1 Å². The van der Waals surface area contributed by atoms with Crippen LogP contribution in [0.15, 0.2) is 18.2 Å². The normalized spacial score (nSPS) is 11.3. The number of aryl methyl sites for hydroxylation is 1. The number of unbranched alkanes of at least 4 members (excludes halogenated alkanes) is 1. The lowest BCUT2D eigenvalue weighted by Gasteiger charge is -2.14. The molecule has 100 valence electrons. The molecular formula is C12H14F3NO2. The van der Waals surface area contributed by atoms with Crippen molar-refractivity contribution in [3.8, 4) is 0 Å². The van der Waals surface area contributed by atoms with E-state index in [0.717, 1.165) is 6.07 Å². The van der Waals surface area contributed by atoms with Crippen molar-refractivity contribution >= 4 is 12.1 Å². The minimum atomic E-state index is -4.45. The zero-order valence-corrected chi connectivity index (χ0v) is 9.63. The summed E-state index contributed by atoms with van der Waals surface area (Å²) in [6.07, 6.45) is -2.92. The summed E-state index contributed by atoms with van der Waals surface area (Å²) in [5, 5.41) is 10.8. The predicted octanol–water partition coefficient (Wildman–Crippen LogP) is 2.59. The smallest absolute Gasteiger partial charge is 0.396 e. The molecule has 0 aliphatic heterocycles. The van der Waals surface area contributed by atoms with E-state index in [-0.39, 0.29) is 24.3 Å². The third-order valence-corrected chi connectivity index (χ3v) is 2.50. The largest absolute Gasteiger partial charge is 0.416 e. The molecule has 0 bridgehead atoms. The van der Waals surface area contributed by atoms with Crippen LogP contribution >= 0.6 is 0 Å². The molecule has 18 heavy (non-hydrogen) atoms. The van der Waals surface area contributed by atoms with E-state index in [1.807, 2.05) is 0 Å². The molecular weight excluding hydrogens is 247 g/mol. The van der Waals surface area contributed by atoms with Gasteiger partial charge in [0.1, 0.15) is 0 Å². The van der Waals surface area contributed by atoms with Crippen LogP contribution in [0.4, 0.5) is 18.9 Å². The highest BCUT2D eigenvalue weighted by molar-refractivity contribution is 5.71. The number of aliphatic hydroxyl groups is 1. The molecule has 0 aliphatic rings. The number of halogens is 3. The Bertz CT molecular complexity index is 405. The van der Waals surface area contributed by atoms with Crippen molar-refractivity contribution in [3.05, 3.63) is 29.3 Å². The Morgan fingerprint density at radius 1 is 1.28 bits per heavy atom. The summed E-state index contributed by atoms with van der Waals surface area (Å²) in [5.41, 5.74) is -0.456. The molecule has 6 heteroatoms. The van der Waals surface area contributed by atoms with Gasteiger partial charge >= 0.3 is 6.18 Å². The van der Waals surface area contributed by atoms with Gasteiger partial charge in [-0.15, -0.1) is 0 Å². The molecule has 0 saturated heterocycles. The van der Waals surface area contributed by atoms with Crippen molar-refractivity contribution in [1.82, 2.24) is 0 Å². The number of nitrogens with one attached hydrogen (secondary N) is 1. The Morgan fingerprint density at radius 3 is 2.56 bits per heavy atom. The first kappa shape index (κ1) is 14.5. The highest BCUT2D eigenvalue weighted by atomic mass is 19.4. The first-order chi connectivity index (χ1) is 8.49. The van der Waals surface area contributed by atoms with E-state index in [1.165, 1.54) is 12.1 Å². The van der Waals surface area contributed by atoms with Gasteiger partial charge in [0.25, 0.3) is 0 Å². The third kappa shape index (κ3) is 4.03. The molecule has 0 spiro atoms. The summed E-state index contributed by atoms with van der Waals surface area (Å²) in [7, 11) is 0. The lowest BCUT2D eigenvalue weighted by Crippen LogP contribution is -2.10. The second-order valence-electron chi connectivity index (χ2n) is 3.81. The zero-order chi connectivity index (χ0) is 13.6. The first-order valence-corrected chi connectivity index (χ1v) is 5.50. The second-order valence-corrected chi connectivity index (χ2v) is 3.81. The van der Waals surface area contributed by atoms with E-state index in [9.17, 15) is 18.0 Å². The van der Waals surface area contributed by atoms with Gasteiger partial charge in [0, 0.05) is 12.3 Å². The summed E-state index contributed by atoms with van der Waals surface area (Å²) < 4.78 is 38.4. The summed E-state index contributed by atoms with van der Waals surface area (Å²) in [4.78, 5) is 10.2. The summed E-state index contributed by atoms with van der Waals surface area (Å²) in [6.45, 7) is -0.0356. The highest BCUT2D eigenvalue weighted by Gasteiger charge is 2.33. The van der Waals surface area contributed by atoms with Gasteiger partial charge in [-0.25, -0.2) is 0 Å². The van der Waals surface area contributed by atoms with E-state index in [0.29, 0.717) is 19.3 Å². The Hall–Kier alpha value is -1.56. The maximum absolute atomic E-state index is 12.8. The molecule has 1 aromatic carbocycles. The number of carbonyl (C=O) groups is 1. The fraction of sp³-hybridized carbons (Fsp3) is 0.417. The van der Waals surface area contributed by atoms with Gasteiger partial charge < -0.3 is 10.4 Å². The van der Waals surface area contributed by atoms with Crippen molar-refractivity contribution < 1.29 is 23.1 Å². The topological polar surface area (TPSA) is 49.3 Å². The number of alkyl halides is 3. The van der Waals surface area contributed by atoms with E-state index in [1.54, 1.807) is 0 Å². The fourth-order valence-corrected chi connectivity index (χ4v) is 1.64. The number of aliphatic hydroxyl groups excluding tert-OH is 1. The van der Waals surface area contributed by atoms with Gasteiger partial charge in [-0.05, 0) is 37.0 Å². The number of rotatable bonds is 6. The summed E-state index contributed by atoms with van der Waals surface area (Å²) in [5.74, 6) is 0. The number of hydrogen-bond donors (Lipinski definition) is 2. The predicted molar refractivity (Wildman–Crippen MR) is 61.2 cm³/mol. The van der Waals surface area contributed by atoms with Gasteiger partial charge in [0.05, 0.1) is 5.56 Å². The minimum Gasteiger partial charge on any atom is -0.396 e. The first-order valence-electron chi connectivity index (χ1n) is 5.50. The molecule has 0 heterocycles. The standard InChI is InChI=1S/C12H14F3NO2/c13-12(14,15)11-7-10(16-8-18)5-4-9(11)3-1-2-6-17/h4-5,7-8,17H,1-3,6H2,(H,16,18). The van der Waals surface area contributed by atoms with Gasteiger partial charge in [-0.1, -0.05) is 6.07 Å². The number of amides is 1. The maximum atomic E-state index is 12.8. The molecule has 0 fully saturated rings. The van der Waals surface area contributed by atoms with E-state index >= 15 is 0 Å². The number of anilines is 1. The van der Waals surface area contributed by atoms with E-state index in [4.69, 9.17) is 5.11 Å². The SMILES string of the molecule is O=CNc1ccc(CCCCO)c(C(F)(F)F)c1. The third-order valence-electron chi connectivity index (χ3n) is 2.50. The van der Waals surface area contributed by atoms with Gasteiger partial charge in [-0.2, -0.15) is 13.2 Å². The van der Waals surface area contributed by atoms with Gasteiger partial charge in [0.2, 0.25) is 6.41 Å². The quantitative estimate of drug-likeness (QED) is 0.611. The maximum Gasteiger partial charge on any atom is 0.416 e. The summed E-state index contributed by atoms with van der Waals surface area (Å²) in [6, 6.07) is 3.70. The Labute approximate surface area is 103 Å². The van der Waals surface area contributed by atoms with Crippen LogP contribution in [0.3, 0.4) is 0 Å². The van der Waals surface area contributed by atoms with Crippen LogP contribution < -0.4 is 5.32 Å². The number of benzene rings is 1. The highest BCUT2D eigenvalue weighted by Crippen LogP contribution is 2.34. The van der Waals surface area contributed by atoms with E-state index < -0.39 is 11.7 Å². The second kappa shape index (κ2) is 6.39. The van der Waals surface area contributed by atoms with Gasteiger partial charge in [0.15, 0.2) is 0 Å². The average Bonchev–Trinajstić information content (AvgIpc) is 2.30. The van der Waals surface area contributed by atoms with Crippen LogP contribution in [0.2, 0.25) is 0 Å². The number of hydrogen-bond acceptors (Lipinski definition) is 2. The van der Waals surface area contributed by atoms with Crippen LogP contribution in [0.25, 0.3) is 0 Å². The molecule has 0 aromatic heterocycles. The monoisotopic (exact) mass is 261 g/mol. The Balaban J connectivity index is 2.97. The lowest BCUT2D eigenvalue weighted by atomic mass is 10.0. The van der Waals surface area contributed by atoms with Crippen molar-refractivity contribution in [3.63, 3.8) is 0 Å². The molecule has 0 atom stereocenters. The molecule has 0 saturated carbocycles. The van der Waals surface area contributed by atoms with Gasteiger partial charge in [-0.3, -0.25) is 4.79 Å². The fourth-order valence-electron chi connectivity index (χ4n) is 1.64. The zero-order valence-electron chi connectivity index (χ0n) is 9.63. The lowest BCUT2D eigenvalue weighted by molar-refractivity contribution is -0.138. The molecule has 1 rings (SSSR count). The minimum absolute atomic E-state index is 0.0356. The molecule has 0 radical (unpaired) electrons. The van der Waals surface area contributed by atoms with Crippen LogP contribution in [0, 0.1) is 0 Å². The van der Waals surface area contributed by atoms with Crippen molar-refractivity contribution in [2.75, 3.05) is 11.9 Å². The van der Waals surface area contributed by atoms with Crippen LogP contribution in [0.5, 0.6) is 0 Å². The molecule has 2 N–H and O–H groups in total. The van der Waals surface area contributed by atoms with Crippen molar-refractivity contribution in [1.29, 1.82) is 0 Å².